The summed E-state index contributed by atoms with van der Waals surface area (Å²) in [5.41, 5.74) is 1.66. The Hall–Kier alpha value is -1.48. The summed E-state index contributed by atoms with van der Waals surface area (Å²) in [6, 6.07) is 15.4. The van der Waals surface area contributed by atoms with Gasteiger partial charge >= 0.3 is 0 Å². The van der Waals surface area contributed by atoms with Crippen molar-refractivity contribution in [2.24, 2.45) is 5.92 Å². The lowest BCUT2D eigenvalue weighted by molar-refractivity contribution is -0.130. The van der Waals surface area contributed by atoms with Crippen LogP contribution in [-0.4, -0.2) is 29.6 Å². The van der Waals surface area contributed by atoms with Crippen molar-refractivity contribution in [2.45, 2.75) is 31.1 Å². The molecule has 1 heterocycles. The molecule has 3 heteroatoms. The number of likely N-dealkylation sites (tertiary alicyclic amines) is 1. The van der Waals surface area contributed by atoms with Crippen molar-refractivity contribution >= 4 is 29.3 Å². The number of thiol groups is 1. The van der Waals surface area contributed by atoms with Crippen LogP contribution in [-0.2, 0) is 10.2 Å². The van der Waals surface area contributed by atoms with Crippen LogP contribution in [0.15, 0.2) is 42.5 Å². The van der Waals surface area contributed by atoms with Crippen LogP contribution in [0.2, 0.25) is 0 Å². The van der Waals surface area contributed by atoms with Crippen LogP contribution >= 0.6 is 12.6 Å². The molecule has 1 aliphatic heterocycles. The average Bonchev–Trinajstić information content (AvgIpc) is 3.16. The number of carbonyl (C=O) groups is 1. The minimum Gasteiger partial charge on any atom is -0.341 e. The molecule has 0 unspecified atom stereocenters. The molecule has 2 aromatic rings. The highest BCUT2D eigenvalue weighted by Gasteiger charge is 2.61. The highest BCUT2D eigenvalue weighted by atomic mass is 32.1. The van der Waals surface area contributed by atoms with Gasteiger partial charge in [-0.15, -0.1) is 0 Å². The van der Waals surface area contributed by atoms with Gasteiger partial charge in [0.05, 0.1) is 0 Å². The van der Waals surface area contributed by atoms with Crippen molar-refractivity contribution in [1.29, 1.82) is 0 Å². The van der Waals surface area contributed by atoms with Crippen LogP contribution in [0, 0.1) is 5.92 Å². The molecular weight excluding hydrogens is 302 g/mol. The second kappa shape index (κ2) is 5.86. The first kappa shape index (κ1) is 15.1. The SMILES string of the molecule is O=C(CCCCS)N1C[C@H]2C[C@@]2(c2ccc3ccccc3c2)C1. The largest absolute Gasteiger partial charge is 0.341 e. The summed E-state index contributed by atoms with van der Waals surface area (Å²) in [4.78, 5) is 14.5. The molecule has 0 aromatic heterocycles. The van der Waals surface area contributed by atoms with E-state index < -0.39 is 0 Å². The summed E-state index contributed by atoms with van der Waals surface area (Å²) in [6.07, 6.45) is 3.92. The van der Waals surface area contributed by atoms with Crippen LogP contribution in [0.3, 0.4) is 0 Å². The lowest BCUT2D eigenvalue weighted by atomic mass is 9.93. The van der Waals surface area contributed by atoms with E-state index in [1.807, 2.05) is 0 Å². The quantitative estimate of drug-likeness (QED) is 0.650. The Morgan fingerprint density at radius 3 is 2.83 bits per heavy atom. The molecule has 2 aromatic carbocycles. The van der Waals surface area contributed by atoms with Gasteiger partial charge in [-0.25, -0.2) is 0 Å². The first-order chi connectivity index (χ1) is 11.2. The average molecular weight is 325 g/mol. The zero-order chi connectivity index (χ0) is 15.9. The number of unbranched alkanes of at least 4 members (excludes halogenated alkanes) is 1. The minimum absolute atomic E-state index is 0.239. The van der Waals surface area contributed by atoms with E-state index in [0.29, 0.717) is 18.2 Å². The monoisotopic (exact) mass is 325 g/mol. The maximum Gasteiger partial charge on any atom is 0.222 e. The van der Waals surface area contributed by atoms with Gasteiger partial charge in [0, 0.05) is 24.9 Å². The number of hydrogen-bond acceptors (Lipinski definition) is 2. The first-order valence-electron chi connectivity index (χ1n) is 8.61. The summed E-state index contributed by atoms with van der Waals surface area (Å²) in [6.45, 7) is 1.86. The Morgan fingerprint density at radius 1 is 1.17 bits per heavy atom. The maximum absolute atomic E-state index is 12.4. The zero-order valence-electron chi connectivity index (χ0n) is 13.4. The topological polar surface area (TPSA) is 20.3 Å². The molecule has 1 amide bonds. The molecule has 23 heavy (non-hydrogen) atoms. The molecule has 4 rings (SSSR count). The Balaban J connectivity index is 1.50. The fourth-order valence-electron chi connectivity index (χ4n) is 4.16. The minimum atomic E-state index is 0.239. The van der Waals surface area contributed by atoms with E-state index in [2.05, 4.69) is 60.0 Å². The first-order valence-corrected chi connectivity index (χ1v) is 9.24. The number of fused-ring (bicyclic) bond motifs is 2. The van der Waals surface area contributed by atoms with Crippen LogP contribution in [0.25, 0.3) is 10.8 Å². The Labute approximate surface area is 143 Å². The molecular formula is C20H23NOS. The molecule has 0 bridgehead atoms. The smallest absolute Gasteiger partial charge is 0.222 e. The Morgan fingerprint density at radius 2 is 2.00 bits per heavy atom. The predicted octanol–water partition coefficient (Wildman–Crippen LogP) is 4.04. The third-order valence-electron chi connectivity index (χ3n) is 5.62. The van der Waals surface area contributed by atoms with Crippen LogP contribution in [0.5, 0.6) is 0 Å². The summed E-state index contributed by atoms with van der Waals surface area (Å²) in [7, 11) is 0. The van der Waals surface area contributed by atoms with Crippen molar-refractivity contribution in [3.05, 3.63) is 48.0 Å². The van der Waals surface area contributed by atoms with Crippen molar-refractivity contribution < 1.29 is 4.79 Å². The number of benzene rings is 2. The van der Waals surface area contributed by atoms with Crippen LogP contribution in [0.4, 0.5) is 0 Å². The molecule has 1 saturated carbocycles. The zero-order valence-corrected chi connectivity index (χ0v) is 14.3. The van der Waals surface area contributed by atoms with Gasteiger partial charge in [0.15, 0.2) is 0 Å². The molecule has 120 valence electrons. The van der Waals surface area contributed by atoms with Gasteiger partial charge in [0.25, 0.3) is 0 Å². The number of nitrogens with zero attached hydrogens (tertiary/aromatic N) is 1. The highest BCUT2D eigenvalue weighted by molar-refractivity contribution is 7.80. The van der Waals surface area contributed by atoms with Crippen LogP contribution < -0.4 is 0 Å². The summed E-state index contributed by atoms with van der Waals surface area (Å²) in [5, 5.41) is 2.60. The van der Waals surface area contributed by atoms with Gasteiger partial charge in [-0.3, -0.25) is 4.79 Å². The van der Waals surface area contributed by atoms with Crippen LogP contribution in [0.1, 0.15) is 31.2 Å². The van der Waals surface area contributed by atoms with E-state index in [1.165, 1.54) is 22.8 Å². The van der Waals surface area contributed by atoms with E-state index >= 15 is 0 Å². The molecule has 2 nitrogen and oxygen atoms in total. The number of rotatable bonds is 5. The van der Waals surface area contributed by atoms with Gasteiger partial charge in [0.2, 0.25) is 5.91 Å². The van der Waals surface area contributed by atoms with Crippen molar-refractivity contribution in [3.63, 3.8) is 0 Å². The second-order valence-corrected chi connectivity index (χ2v) is 7.52. The lowest BCUT2D eigenvalue weighted by Crippen LogP contribution is -2.32. The fraction of sp³-hybridized carbons (Fsp3) is 0.450. The standard InChI is InChI=1S/C20H23NOS/c22-19(7-3-4-10-23)21-13-18-12-20(18,14-21)17-9-8-15-5-1-2-6-16(15)11-17/h1-2,5-6,8-9,11,18,23H,3-4,7,10,12-14H2/t18-,20+/m1/s1. The van der Waals surface area contributed by atoms with Gasteiger partial charge in [-0.1, -0.05) is 42.5 Å². The van der Waals surface area contributed by atoms with E-state index in [1.54, 1.807) is 0 Å². The van der Waals surface area contributed by atoms with Crippen molar-refractivity contribution in [3.8, 4) is 0 Å². The van der Waals surface area contributed by atoms with Gasteiger partial charge in [-0.2, -0.15) is 12.6 Å². The Bertz CT molecular complexity index is 743. The third-order valence-corrected chi connectivity index (χ3v) is 5.94. The number of carbonyl (C=O) groups excluding carboxylic acids is 1. The van der Waals surface area contributed by atoms with Gasteiger partial charge in [0.1, 0.15) is 0 Å². The molecule has 2 aliphatic rings. The van der Waals surface area contributed by atoms with Gasteiger partial charge < -0.3 is 4.90 Å². The number of piperidine rings is 1. The molecule has 2 fully saturated rings. The lowest BCUT2D eigenvalue weighted by Gasteiger charge is -2.21. The van der Waals surface area contributed by atoms with E-state index in [0.717, 1.165) is 31.7 Å². The normalized spacial score (nSPS) is 25.6. The molecule has 1 aliphatic carbocycles. The molecule has 1 saturated heterocycles. The Kier molecular flexibility index (Phi) is 3.84. The fourth-order valence-corrected chi connectivity index (χ4v) is 4.39. The number of hydrogen-bond donors (Lipinski definition) is 1. The highest BCUT2D eigenvalue weighted by Crippen LogP contribution is 2.59. The number of amides is 1. The maximum atomic E-state index is 12.4. The summed E-state index contributed by atoms with van der Waals surface area (Å²) >= 11 is 4.22. The second-order valence-electron chi connectivity index (χ2n) is 7.07. The van der Waals surface area contributed by atoms with Crippen molar-refractivity contribution in [2.75, 3.05) is 18.8 Å². The van der Waals surface area contributed by atoms with E-state index in [4.69, 9.17) is 0 Å². The summed E-state index contributed by atoms with van der Waals surface area (Å²) in [5.74, 6) is 1.87. The van der Waals surface area contributed by atoms with E-state index in [-0.39, 0.29) is 5.41 Å². The molecule has 0 radical (unpaired) electrons. The van der Waals surface area contributed by atoms with Gasteiger partial charge in [-0.05, 0) is 47.3 Å². The van der Waals surface area contributed by atoms with Crippen molar-refractivity contribution in [1.82, 2.24) is 4.90 Å². The molecule has 0 N–H and O–H groups in total. The molecule has 2 atom stereocenters. The third kappa shape index (κ3) is 2.65. The summed E-state index contributed by atoms with van der Waals surface area (Å²) < 4.78 is 0. The predicted molar refractivity (Wildman–Crippen MR) is 98.0 cm³/mol. The molecule has 0 spiro atoms. The van der Waals surface area contributed by atoms with E-state index in [9.17, 15) is 4.79 Å².